The fourth-order valence-electron chi connectivity index (χ4n) is 1.15. The highest BCUT2D eigenvalue weighted by Gasteiger charge is 1.92. The van der Waals surface area contributed by atoms with E-state index in [0.717, 1.165) is 11.1 Å². The van der Waals surface area contributed by atoms with Gasteiger partial charge < -0.3 is 5.11 Å². The minimum Gasteiger partial charge on any atom is -0.508 e. The Kier molecular flexibility index (Phi) is 4.08. The maximum absolute atomic E-state index is 9.30. The summed E-state index contributed by atoms with van der Waals surface area (Å²) in [4.78, 5) is 2.63. The van der Waals surface area contributed by atoms with Crippen LogP contribution in [0, 0.1) is 18.8 Å². The van der Waals surface area contributed by atoms with Crippen molar-refractivity contribution in [2.24, 2.45) is 5.11 Å². The predicted molar refractivity (Wildman–Crippen MR) is 58.4 cm³/mol. The van der Waals surface area contributed by atoms with Crippen molar-refractivity contribution < 1.29 is 5.11 Å². The van der Waals surface area contributed by atoms with Crippen LogP contribution in [0.25, 0.3) is 10.4 Å². The average Bonchev–Trinajstić information content (AvgIpc) is 2.16. The van der Waals surface area contributed by atoms with Gasteiger partial charge in [0.2, 0.25) is 0 Å². The second kappa shape index (κ2) is 5.58. The third-order valence-electron chi connectivity index (χ3n) is 1.69. The van der Waals surface area contributed by atoms with Crippen molar-refractivity contribution >= 4 is 0 Å². The summed E-state index contributed by atoms with van der Waals surface area (Å²) in [6.45, 7) is 2.27. The van der Waals surface area contributed by atoms with Crippen molar-refractivity contribution in [2.45, 2.75) is 13.3 Å². The van der Waals surface area contributed by atoms with Gasteiger partial charge in [0, 0.05) is 23.4 Å². The maximum atomic E-state index is 9.30. The summed E-state index contributed by atoms with van der Waals surface area (Å²) in [5, 5.41) is 12.7. The topological polar surface area (TPSA) is 69.0 Å². The molecule has 4 nitrogen and oxygen atoms in total. The number of hydrogen-bond acceptors (Lipinski definition) is 2. The van der Waals surface area contributed by atoms with E-state index in [9.17, 15) is 5.11 Å². The van der Waals surface area contributed by atoms with Gasteiger partial charge in [-0.15, -0.1) is 0 Å². The van der Waals surface area contributed by atoms with Crippen molar-refractivity contribution in [1.82, 2.24) is 0 Å². The molecule has 0 heterocycles. The largest absolute Gasteiger partial charge is 0.508 e. The van der Waals surface area contributed by atoms with Crippen molar-refractivity contribution in [3.05, 3.63) is 39.8 Å². The van der Waals surface area contributed by atoms with E-state index in [1.54, 1.807) is 12.1 Å². The average molecular weight is 201 g/mol. The second-order valence-corrected chi connectivity index (χ2v) is 3.06. The van der Waals surface area contributed by atoms with Gasteiger partial charge in [-0.2, -0.15) is 0 Å². The van der Waals surface area contributed by atoms with E-state index in [-0.39, 0.29) is 5.75 Å². The summed E-state index contributed by atoms with van der Waals surface area (Å²) in [5.41, 5.74) is 9.77. The van der Waals surface area contributed by atoms with Crippen LogP contribution in [0.1, 0.15) is 17.5 Å². The quantitative estimate of drug-likeness (QED) is 0.258. The Morgan fingerprint density at radius 3 is 2.93 bits per heavy atom. The minimum atomic E-state index is 0.217. The highest BCUT2D eigenvalue weighted by molar-refractivity contribution is 5.42. The zero-order chi connectivity index (χ0) is 11.1. The Balaban J connectivity index is 2.67. The van der Waals surface area contributed by atoms with Gasteiger partial charge in [0.25, 0.3) is 0 Å². The van der Waals surface area contributed by atoms with Crippen LogP contribution in [-0.2, 0) is 0 Å². The summed E-state index contributed by atoms with van der Waals surface area (Å²) < 4.78 is 0. The van der Waals surface area contributed by atoms with Gasteiger partial charge in [0.1, 0.15) is 5.75 Å². The Bertz CT molecular complexity index is 430. The summed E-state index contributed by atoms with van der Waals surface area (Å²) >= 11 is 0. The number of benzene rings is 1. The Morgan fingerprint density at radius 2 is 2.27 bits per heavy atom. The molecule has 15 heavy (non-hydrogen) atoms. The Labute approximate surface area is 88.2 Å². The van der Waals surface area contributed by atoms with Crippen LogP contribution in [-0.4, -0.2) is 11.7 Å². The molecule has 0 fully saturated rings. The molecule has 1 N–H and O–H groups in total. The van der Waals surface area contributed by atoms with Crippen LogP contribution in [0.4, 0.5) is 0 Å². The molecule has 0 aliphatic heterocycles. The first-order chi connectivity index (χ1) is 7.22. The van der Waals surface area contributed by atoms with E-state index >= 15 is 0 Å². The van der Waals surface area contributed by atoms with Crippen LogP contribution < -0.4 is 0 Å². The number of phenolic OH excluding ortho intramolecular Hbond substituents is 1. The SMILES string of the molecule is Cc1cc(O)cc(C#CCCN=[N+]=[N-])c1. The highest BCUT2D eigenvalue weighted by atomic mass is 16.3. The molecule has 0 aliphatic carbocycles. The van der Waals surface area contributed by atoms with Gasteiger partial charge in [0.15, 0.2) is 0 Å². The fourth-order valence-corrected chi connectivity index (χ4v) is 1.15. The van der Waals surface area contributed by atoms with Crippen molar-refractivity contribution in [3.63, 3.8) is 0 Å². The minimum absolute atomic E-state index is 0.217. The number of rotatable bonds is 2. The van der Waals surface area contributed by atoms with E-state index in [1.165, 1.54) is 0 Å². The van der Waals surface area contributed by atoms with E-state index in [2.05, 4.69) is 21.9 Å². The molecule has 76 valence electrons. The van der Waals surface area contributed by atoms with Crippen molar-refractivity contribution in [2.75, 3.05) is 6.54 Å². The van der Waals surface area contributed by atoms with Crippen molar-refractivity contribution in [3.8, 4) is 17.6 Å². The molecule has 1 aromatic carbocycles. The predicted octanol–water partition coefficient (Wildman–Crippen LogP) is 2.75. The normalized spacial score (nSPS) is 8.60. The fraction of sp³-hybridized carbons (Fsp3) is 0.273. The highest BCUT2D eigenvalue weighted by Crippen LogP contribution is 2.13. The summed E-state index contributed by atoms with van der Waals surface area (Å²) in [5.74, 6) is 5.97. The van der Waals surface area contributed by atoms with E-state index in [1.807, 2.05) is 13.0 Å². The van der Waals surface area contributed by atoms with E-state index < -0.39 is 0 Å². The first kappa shape index (κ1) is 11.0. The zero-order valence-electron chi connectivity index (χ0n) is 8.44. The van der Waals surface area contributed by atoms with Crippen LogP contribution in [0.15, 0.2) is 23.3 Å². The maximum Gasteiger partial charge on any atom is 0.117 e. The third kappa shape index (κ3) is 4.08. The smallest absolute Gasteiger partial charge is 0.117 e. The molecule has 0 amide bonds. The Hall–Kier alpha value is -2.11. The number of nitrogens with zero attached hydrogens (tertiary/aromatic N) is 3. The Morgan fingerprint density at radius 1 is 1.47 bits per heavy atom. The molecular formula is C11H11N3O. The molecule has 0 spiro atoms. The van der Waals surface area contributed by atoms with Crippen LogP contribution in [0.5, 0.6) is 5.75 Å². The molecule has 0 bridgehead atoms. The molecule has 0 aromatic heterocycles. The number of azide groups is 1. The van der Waals surface area contributed by atoms with Crippen molar-refractivity contribution in [1.29, 1.82) is 0 Å². The number of aryl methyl sites for hydroxylation is 1. The first-order valence-corrected chi connectivity index (χ1v) is 4.53. The van der Waals surface area contributed by atoms with Gasteiger partial charge in [0.05, 0.1) is 0 Å². The monoisotopic (exact) mass is 201 g/mol. The molecule has 0 atom stereocenters. The lowest BCUT2D eigenvalue weighted by Gasteiger charge is -1.96. The molecule has 0 saturated heterocycles. The number of hydrogen-bond donors (Lipinski definition) is 1. The number of phenols is 1. The van der Waals surface area contributed by atoms with Gasteiger partial charge >= 0.3 is 0 Å². The van der Waals surface area contributed by atoms with Gasteiger partial charge in [-0.05, 0) is 36.2 Å². The van der Waals surface area contributed by atoms with E-state index in [4.69, 9.17) is 5.53 Å². The van der Waals surface area contributed by atoms with Crippen LogP contribution >= 0.6 is 0 Å². The standard InChI is InChI=1S/C11H11N3O/c1-9-6-10(8-11(15)7-9)4-2-3-5-13-14-12/h6-8,15H,3,5H2,1H3. The lowest BCUT2D eigenvalue weighted by Crippen LogP contribution is -1.79. The van der Waals surface area contributed by atoms with E-state index in [0.29, 0.717) is 13.0 Å². The summed E-state index contributed by atoms with van der Waals surface area (Å²) in [6.07, 6.45) is 0.527. The molecule has 1 rings (SSSR count). The van der Waals surface area contributed by atoms with Gasteiger partial charge in [-0.1, -0.05) is 17.0 Å². The first-order valence-electron chi connectivity index (χ1n) is 4.53. The molecule has 0 unspecified atom stereocenters. The molecule has 1 aromatic rings. The van der Waals surface area contributed by atoms with Gasteiger partial charge in [-0.25, -0.2) is 0 Å². The summed E-state index contributed by atoms with van der Waals surface area (Å²) in [6, 6.07) is 5.17. The lowest BCUT2D eigenvalue weighted by molar-refractivity contribution is 0.474. The lowest BCUT2D eigenvalue weighted by atomic mass is 10.1. The van der Waals surface area contributed by atoms with Crippen LogP contribution in [0.2, 0.25) is 0 Å². The molecule has 0 aliphatic rings. The molecular weight excluding hydrogens is 190 g/mol. The van der Waals surface area contributed by atoms with Crippen LogP contribution in [0.3, 0.4) is 0 Å². The third-order valence-corrected chi connectivity index (χ3v) is 1.69. The second-order valence-electron chi connectivity index (χ2n) is 3.06. The van der Waals surface area contributed by atoms with Gasteiger partial charge in [-0.3, -0.25) is 0 Å². The summed E-state index contributed by atoms with van der Waals surface area (Å²) in [7, 11) is 0. The zero-order valence-corrected chi connectivity index (χ0v) is 8.44. The molecule has 4 heteroatoms. The molecule has 0 radical (unpaired) electrons. The number of aromatic hydroxyl groups is 1. The molecule has 0 saturated carbocycles.